The maximum Gasteiger partial charge on any atom is 0.264 e. The summed E-state index contributed by atoms with van der Waals surface area (Å²) < 4.78 is 7.92. The third kappa shape index (κ3) is 4.44. The van der Waals surface area contributed by atoms with Crippen LogP contribution in [0.25, 0.3) is 32.2 Å². The highest BCUT2D eigenvalue weighted by Gasteiger charge is 2.28. The van der Waals surface area contributed by atoms with Gasteiger partial charge in [0.2, 0.25) is 0 Å². The van der Waals surface area contributed by atoms with E-state index in [0.29, 0.717) is 43.1 Å². The van der Waals surface area contributed by atoms with Crippen molar-refractivity contribution < 1.29 is 9.32 Å². The number of azide groups is 1. The summed E-state index contributed by atoms with van der Waals surface area (Å²) in [5, 5.41) is 12.5. The maximum atomic E-state index is 13.6. The Bertz CT molecular complexity index is 1610. The van der Waals surface area contributed by atoms with Crippen LogP contribution >= 0.6 is 34.2 Å². The molecule has 1 N–H and O–H groups in total. The van der Waals surface area contributed by atoms with Crippen LogP contribution in [0, 0.1) is 16.4 Å². The Kier molecular flexibility index (Phi) is 6.92. The minimum absolute atomic E-state index is 0.0307. The van der Waals surface area contributed by atoms with Crippen molar-refractivity contribution in [2.45, 2.75) is 38.6 Å². The molecular formula is C25H22ClIN6O3. The summed E-state index contributed by atoms with van der Waals surface area (Å²) in [6, 6.07) is 10.5. The summed E-state index contributed by atoms with van der Waals surface area (Å²) >= 11 is 8.60. The number of fused-ring (bicyclic) bond motifs is 3. The van der Waals surface area contributed by atoms with E-state index in [1.54, 1.807) is 31.2 Å². The lowest BCUT2D eigenvalue weighted by atomic mass is 9.85. The number of pyridine rings is 1. The fraction of sp³-hybridized carbons (Fsp3) is 0.320. The van der Waals surface area contributed by atoms with E-state index in [0.717, 1.165) is 36.6 Å². The first-order chi connectivity index (χ1) is 17.4. The van der Waals surface area contributed by atoms with Gasteiger partial charge in [0.25, 0.3) is 11.5 Å². The third-order valence-corrected chi connectivity index (χ3v) is 8.00. The number of hydrogen-bond donors (Lipinski definition) is 1. The number of aryl methyl sites for hydroxylation is 1. The monoisotopic (exact) mass is 616 g/mol. The molecule has 2 atom stereocenters. The predicted molar refractivity (Wildman–Crippen MR) is 147 cm³/mol. The van der Waals surface area contributed by atoms with Crippen molar-refractivity contribution in [3.8, 4) is 0 Å². The fourth-order valence-electron chi connectivity index (χ4n) is 5.13. The molecule has 1 aliphatic rings. The quantitative estimate of drug-likeness (QED) is 0.114. The number of nitrogens with one attached hydrogen (secondary N) is 1. The van der Waals surface area contributed by atoms with Crippen molar-refractivity contribution in [1.29, 1.82) is 0 Å². The maximum absolute atomic E-state index is 13.6. The Balaban J connectivity index is 1.39. The van der Waals surface area contributed by atoms with E-state index in [9.17, 15) is 9.59 Å². The van der Waals surface area contributed by atoms with Gasteiger partial charge in [-0.15, -0.1) is 0 Å². The lowest BCUT2D eigenvalue weighted by molar-refractivity contribution is 0.0940. The normalized spacial score (nSPS) is 17.8. The molecule has 2 aromatic heterocycles. The van der Waals surface area contributed by atoms with Gasteiger partial charge in [0, 0.05) is 32.0 Å². The van der Waals surface area contributed by atoms with Crippen molar-refractivity contribution in [3.05, 3.63) is 77.1 Å². The molecule has 5 rings (SSSR count). The van der Waals surface area contributed by atoms with Gasteiger partial charge in [-0.3, -0.25) is 9.59 Å². The molecule has 0 saturated heterocycles. The minimum atomic E-state index is -0.182. The lowest BCUT2D eigenvalue weighted by Crippen LogP contribution is -2.34. The van der Waals surface area contributed by atoms with Crippen molar-refractivity contribution in [2.24, 2.45) is 11.0 Å². The zero-order valence-electron chi connectivity index (χ0n) is 19.4. The fourth-order valence-corrected chi connectivity index (χ4v) is 6.02. The predicted octanol–water partition coefficient (Wildman–Crippen LogP) is 6.81. The number of hydrogen-bond acceptors (Lipinski definition) is 5. The van der Waals surface area contributed by atoms with Crippen LogP contribution in [0.2, 0.25) is 5.02 Å². The number of nitrogens with zero attached hydrogens (tertiary/aromatic N) is 5. The summed E-state index contributed by atoms with van der Waals surface area (Å²) in [6.07, 6.45) is 3.52. The van der Waals surface area contributed by atoms with Gasteiger partial charge >= 0.3 is 0 Å². The minimum Gasteiger partial charge on any atom is -0.360 e. The summed E-state index contributed by atoms with van der Waals surface area (Å²) in [4.78, 5) is 29.2. The lowest BCUT2D eigenvalue weighted by Gasteiger charge is -2.31. The topological polar surface area (TPSA) is 126 Å². The molecule has 0 spiro atoms. The van der Waals surface area contributed by atoms with Crippen molar-refractivity contribution in [3.63, 3.8) is 0 Å². The van der Waals surface area contributed by atoms with Crippen LogP contribution in [0.1, 0.15) is 47.8 Å². The largest absolute Gasteiger partial charge is 0.360 e. The van der Waals surface area contributed by atoms with Gasteiger partial charge in [0.1, 0.15) is 16.7 Å². The number of amides is 1. The van der Waals surface area contributed by atoms with Crippen LogP contribution in [0.15, 0.2) is 50.8 Å². The molecule has 0 bridgehead atoms. The van der Waals surface area contributed by atoms with Crippen LogP contribution in [0.4, 0.5) is 5.69 Å². The van der Waals surface area contributed by atoms with Gasteiger partial charge in [0.15, 0.2) is 0 Å². The van der Waals surface area contributed by atoms with Gasteiger partial charge in [-0.1, -0.05) is 40.4 Å². The molecule has 11 heteroatoms. The molecule has 0 radical (unpaired) electrons. The van der Waals surface area contributed by atoms with Crippen LogP contribution in [-0.2, 0) is 0 Å². The molecule has 1 aliphatic carbocycles. The summed E-state index contributed by atoms with van der Waals surface area (Å²) in [6.45, 7) is 2.25. The van der Waals surface area contributed by atoms with E-state index in [1.165, 1.54) is 0 Å². The zero-order valence-corrected chi connectivity index (χ0v) is 22.3. The Morgan fingerprint density at radius 3 is 2.94 bits per heavy atom. The Morgan fingerprint density at radius 1 is 1.33 bits per heavy atom. The van der Waals surface area contributed by atoms with Gasteiger partial charge in [-0.2, -0.15) is 0 Å². The summed E-state index contributed by atoms with van der Waals surface area (Å²) in [7, 11) is 0. The first kappa shape index (κ1) is 24.6. The second kappa shape index (κ2) is 10.1. The smallest absolute Gasteiger partial charge is 0.264 e. The van der Waals surface area contributed by atoms with E-state index in [1.807, 2.05) is 39.3 Å². The molecule has 184 valence electrons. The van der Waals surface area contributed by atoms with Crippen LogP contribution in [0.3, 0.4) is 0 Å². The second-order valence-electron chi connectivity index (χ2n) is 9.02. The van der Waals surface area contributed by atoms with E-state index >= 15 is 0 Å². The first-order valence-electron chi connectivity index (χ1n) is 11.6. The Morgan fingerprint density at radius 2 is 2.17 bits per heavy atom. The molecule has 4 aromatic rings. The SMILES string of the molecule is Cc1onc2c1c(=O)n([C@H]1CCC[C@@H](CNC(=O)c3ccc(N=[N+]=[N-])c(I)c3)C1)c1cccc(Cl)c21. The number of halogens is 2. The summed E-state index contributed by atoms with van der Waals surface area (Å²) in [5.41, 5.74) is 10.8. The number of rotatable bonds is 5. The van der Waals surface area contributed by atoms with E-state index in [4.69, 9.17) is 21.7 Å². The average molecular weight is 617 g/mol. The molecule has 0 aliphatic heterocycles. The van der Waals surface area contributed by atoms with Gasteiger partial charge < -0.3 is 14.4 Å². The third-order valence-electron chi connectivity index (χ3n) is 6.82. The van der Waals surface area contributed by atoms with Crippen molar-refractivity contribution >= 4 is 67.6 Å². The highest BCUT2D eigenvalue weighted by atomic mass is 127. The number of aromatic nitrogens is 2. The molecule has 2 heterocycles. The second-order valence-corrected chi connectivity index (χ2v) is 10.6. The Labute approximate surface area is 224 Å². The van der Waals surface area contributed by atoms with Crippen LogP contribution in [0.5, 0.6) is 0 Å². The van der Waals surface area contributed by atoms with E-state index < -0.39 is 0 Å². The molecule has 1 fully saturated rings. The van der Waals surface area contributed by atoms with Gasteiger partial charge in [-0.25, -0.2) is 0 Å². The zero-order chi connectivity index (χ0) is 25.4. The van der Waals surface area contributed by atoms with E-state index in [-0.39, 0.29) is 23.4 Å². The average Bonchev–Trinajstić information content (AvgIpc) is 3.26. The van der Waals surface area contributed by atoms with E-state index in [2.05, 4.69) is 20.5 Å². The molecule has 0 unspecified atom stereocenters. The molecule has 9 nitrogen and oxygen atoms in total. The molecule has 36 heavy (non-hydrogen) atoms. The number of benzene rings is 2. The standard InChI is InChI=1S/C25H22ClIN6O3/c1-13-21-23(31-36-13)22-17(26)6-3-7-20(22)33(25(21)35)16-5-2-4-14(10-16)12-29-24(34)15-8-9-19(30-32-28)18(27)11-15/h3,6-9,11,14,16H,2,4-5,10,12H2,1H3,(H,29,34)/t14-,16+/m1/s1. The Hall–Kier alpha value is -3.08. The first-order valence-corrected chi connectivity index (χ1v) is 13.1. The number of carbonyl (C=O) groups is 1. The molecule has 1 saturated carbocycles. The summed E-state index contributed by atoms with van der Waals surface area (Å²) in [5.74, 6) is 0.513. The van der Waals surface area contributed by atoms with Gasteiger partial charge in [0.05, 0.1) is 16.2 Å². The highest BCUT2D eigenvalue weighted by Crippen LogP contribution is 2.37. The molecule has 1 amide bonds. The van der Waals surface area contributed by atoms with Crippen LogP contribution < -0.4 is 10.9 Å². The van der Waals surface area contributed by atoms with Crippen LogP contribution in [-0.4, -0.2) is 22.2 Å². The van der Waals surface area contributed by atoms with Crippen molar-refractivity contribution in [1.82, 2.24) is 15.0 Å². The van der Waals surface area contributed by atoms with Crippen molar-refractivity contribution in [2.75, 3.05) is 6.54 Å². The van der Waals surface area contributed by atoms with Gasteiger partial charge in [-0.05, 0) is 84.5 Å². The molecular weight excluding hydrogens is 595 g/mol. The highest BCUT2D eigenvalue weighted by molar-refractivity contribution is 14.1. The number of carbonyl (C=O) groups excluding carboxylic acids is 1. The molecule has 2 aromatic carbocycles.